The molecule has 0 atom stereocenters. The predicted octanol–water partition coefficient (Wildman–Crippen LogP) is 2.64. The number of aliphatic hydroxyl groups is 1. The number of hydrogen-bond donors (Lipinski definition) is 1. The zero-order valence-electron chi connectivity index (χ0n) is 13.6. The average molecular weight is 313 g/mol. The third kappa shape index (κ3) is 3.63. The van der Waals surface area contributed by atoms with Gasteiger partial charge in [0.15, 0.2) is 0 Å². The first-order valence-electron chi connectivity index (χ1n) is 7.16. The Labute approximate surface area is 134 Å². The van der Waals surface area contributed by atoms with E-state index in [0.29, 0.717) is 11.1 Å². The number of aromatic nitrogens is 1. The van der Waals surface area contributed by atoms with Crippen molar-refractivity contribution in [3.8, 4) is 0 Å². The Morgan fingerprint density at radius 2 is 1.87 bits per heavy atom. The molecule has 2 rings (SSSR count). The van der Waals surface area contributed by atoms with Crippen LogP contribution in [-0.4, -0.2) is 29.0 Å². The van der Waals surface area contributed by atoms with E-state index in [1.807, 2.05) is 6.92 Å². The fourth-order valence-electron chi connectivity index (χ4n) is 2.15. The van der Waals surface area contributed by atoms with Crippen LogP contribution in [0, 0.1) is 6.92 Å². The molecule has 120 valence electrons. The lowest BCUT2D eigenvalue weighted by atomic mass is 9.92. The molecular weight excluding hydrogens is 294 g/mol. The van der Waals surface area contributed by atoms with Gasteiger partial charge in [0, 0.05) is 11.8 Å². The maximum Gasteiger partial charge on any atom is 0.339 e. The highest BCUT2D eigenvalue weighted by atomic mass is 16.5. The smallest absolute Gasteiger partial charge is 0.339 e. The van der Waals surface area contributed by atoms with Crippen molar-refractivity contribution >= 4 is 11.8 Å². The van der Waals surface area contributed by atoms with Gasteiger partial charge in [-0.15, -0.1) is 0 Å². The van der Waals surface area contributed by atoms with Gasteiger partial charge in [-0.2, -0.15) is 0 Å². The molecule has 0 bridgehead atoms. The number of pyridine rings is 1. The zero-order chi connectivity index (χ0) is 17.2. The minimum Gasteiger partial charge on any atom is -0.465 e. The molecule has 5 nitrogen and oxygen atoms in total. The van der Waals surface area contributed by atoms with E-state index in [4.69, 9.17) is 0 Å². The molecule has 1 N–H and O–H groups in total. The fraction of sp³-hybridized carbons (Fsp3) is 0.278. The molecule has 0 saturated heterocycles. The highest BCUT2D eigenvalue weighted by Gasteiger charge is 2.20. The lowest BCUT2D eigenvalue weighted by Gasteiger charge is -2.19. The van der Waals surface area contributed by atoms with Crippen molar-refractivity contribution in [1.82, 2.24) is 4.98 Å². The fourth-order valence-corrected chi connectivity index (χ4v) is 2.15. The van der Waals surface area contributed by atoms with Crippen LogP contribution in [0.1, 0.15) is 51.4 Å². The van der Waals surface area contributed by atoms with Crippen LogP contribution in [0.2, 0.25) is 0 Å². The van der Waals surface area contributed by atoms with Gasteiger partial charge in [0.05, 0.1) is 18.3 Å². The zero-order valence-corrected chi connectivity index (χ0v) is 13.6. The van der Waals surface area contributed by atoms with Crippen LogP contribution in [0.25, 0.3) is 0 Å². The maximum absolute atomic E-state index is 12.6. The Morgan fingerprint density at radius 1 is 1.17 bits per heavy atom. The summed E-state index contributed by atoms with van der Waals surface area (Å²) in [7, 11) is 1.28. The normalized spacial score (nSPS) is 11.2. The Morgan fingerprint density at radius 3 is 2.39 bits per heavy atom. The summed E-state index contributed by atoms with van der Waals surface area (Å²) in [5.74, 6) is -0.762. The predicted molar refractivity (Wildman–Crippen MR) is 85.4 cm³/mol. The summed E-state index contributed by atoms with van der Waals surface area (Å²) in [6.07, 6.45) is 1.31. The highest BCUT2D eigenvalue weighted by molar-refractivity contribution is 6.09. The summed E-state index contributed by atoms with van der Waals surface area (Å²) < 4.78 is 4.60. The molecule has 0 radical (unpaired) electrons. The number of ketones is 1. The van der Waals surface area contributed by atoms with E-state index in [0.717, 1.165) is 5.56 Å². The highest BCUT2D eigenvalue weighted by Crippen LogP contribution is 2.23. The van der Waals surface area contributed by atoms with Gasteiger partial charge in [0.2, 0.25) is 5.78 Å². The van der Waals surface area contributed by atoms with E-state index in [1.165, 1.54) is 25.4 Å². The van der Waals surface area contributed by atoms with Crippen molar-refractivity contribution in [3.63, 3.8) is 0 Å². The van der Waals surface area contributed by atoms with Crippen LogP contribution in [0.5, 0.6) is 0 Å². The van der Waals surface area contributed by atoms with Crippen molar-refractivity contribution in [1.29, 1.82) is 0 Å². The molecule has 0 amide bonds. The topological polar surface area (TPSA) is 76.5 Å². The first-order chi connectivity index (χ1) is 10.7. The molecule has 2 aromatic rings. The second kappa shape index (κ2) is 6.30. The van der Waals surface area contributed by atoms with Gasteiger partial charge >= 0.3 is 5.97 Å². The van der Waals surface area contributed by atoms with Gasteiger partial charge in [0.25, 0.3) is 0 Å². The van der Waals surface area contributed by atoms with E-state index < -0.39 is 11.6 Å². The van der Waals surface area contributed by atoms with E-state index in [2.05, 4.69) is 9.72 Å². The first-order valence-corrected chi connectivity index (χ1v) is 7.16. The van der Waals surface area contributed by atoms with Crippen molar-refractivity contribution in [2.75, 3.05) is 7.11 Å². The molecule has 23 heavy (non-hydrogen) atoms. The second-order valence-corrected chi connectivity index (χ2v) is 5.84. The van der Waals surface area contributed by atoms with Gasteiger partial charge in [-0.25, -0.2) is 4.79 Å². The Balaban J connectivity index is 2.39. The Bertz CT molecular complexity index is 743. The summed E-state index contributed by atoms with van der Waals surface area (Å²) in [4.78, 5) is 28.1. The van der Waals surface area contributed by atoms with Gasteiger partial charge in [-0.3, -0.25) is 9.78 Å². The molecule has 0 saturated carbocycles. The second-order valence-electron chi connectivity index (χ2n) is 5.84. The largest absolute Gasteiger partial charge is 0.465 e. The number of carbonyl (C=O) groups excluding carboxylic acids is 2. The summed E-state index contributed by atoms with van der Waals surface area (Å²) in [6.45, 7) is 5.15. The van der Waals surface area contributed by atoms with Gasteiger partial charge in [-0.1, -0.05) is 12.1 Å². The molecule has 0 spiro atoms. The number of carbonyl (C=O) groups is 2. The Kier molecular flexibility index (Phi) is 4.61. The van der Waals surface area contributed by atoms with Crippen LogP contribution in [0.15, 0.2) is 36.5 Å². The van der Waals surface area contributed by atoms with Crippen molar-refractivity contribution < 1.29 is 19.4 Å². The molecule has 5 heteroatoms. The van der Waals surface area contributed by atoms with Crippen molar-refractivity contribution in [3.05, 3.63) is 64.5 Å². The van der Waals surface area contributed by atoms with Gasteiger partial charge < -0.3 is 9.84 Å². The number of esters is 1. The summed E-state index contributed by atoms with van der Waals surface area (Å²) in [5.41, 5.74) is 1.40. The minimum atomic E-state index is -1.04. The summed E-state index contributed by atoms with van der Waals surface area (Å²) in [5, 5.41) is 10.1. The average Bonchev–Trinajstić information content (AvgIpc) is 2.53. The molecule has 0 aliphatic rings. The number of rotatable bonds is 4. The quantitative estimate of drug-likeness (QED) is 0.693. The van der Waals surface area contributed by atoms with Crippen LogP contribution < -0.4 is 0 Å². The number of benzene rings is 1. The molecule has 0 aliphatic carbocycles. The molecule has 0 unspecified atom stereocenters. The van der Waals surface area contributed by atoms with Crippen molar-refractivity contribution in [2.24, 2.45) is 0 Å². The van der Waals surface area contributed by atoms with E-state index >= 15 is 0 Å². The van der Waals surface area contributed by atoms with Crippen molar-refractivity contribution in [2.45, 2.75) is 26.4 Å². The number of nitrogens with zero attached hydrogens (tertiary/aromatic N) is 1. The summed E-state index contributed by atoms with van der Waals surface area (Å²) in [6, 6.07) is 8.25. The molecule has 1 aromatic heterocycles. The monoisotopic (exact) mass is 313 g/mol. The van der Waals surface area contributed by atoms with Crippen LogP contribution in [-0.2, 0) is 10.3 Å². The van der Waals surface area contributed by atoms with Crippen LogP contribution in [0.3, 0.4) is 0 Å². The molecule has 1 heterocycles. The van der Waals surface area contributed by atoms with E-state index in [9.17, 15) is 14.7 Å². The third-order valence-corrected chi connectivity index (χ3v) is 3.61. The first kappa shape index (κ1) is 16.8. The van der Waals surface area contributed by atoms with E-state index in [1.54, 1.807) is 32.0 Å². The number of ether oxygens (including phenoxy) is 1. The lowest BCUT2D eigenvalue weighted by Crippen LogP contribution is -2.17. The minimum absolute atomic E-state index is 0.230. The van der Waals surface area contributed by atoms with Crippen LogP contribution in [0.4, 0.5) is 0 Å². The maximum atomic E-state index is 12.6. The SMILES string of the molecule is COC(=O)c1ccc(C(=O)c2cc(C(C)(C)O)ccc2C)nc1. The van der Waals surface area contributed by atoms with Gasteiger partial charge in [0.1, 0.15) is 5.69 Å². The Hall–Kier alpha value is -2.53. The van der Waals surface area contributed by atoms with E-state index in [-0.39, 0.29) is 17.0 Å². The number of hydrogen-bond acceptors (Lipinski definition) is 5. The third-order valence-electron chi connectivity index (χ3n) is 3.61. The number of methoxy groups -OCH3 is 1. The molecule has 0 aliphatic heterocycles. The molecule has 1 aromatic carbocycles. The van der Waals surface area contributed by atoms with Crippen LogP contribution >= 0.6 is 0 Å². The molecule has 0 fully saturated rings. The van der Waals surface area contributed by atoms with Gasteiger partial charge in [-0.05, 0) is 50.1 Å². The standard InChI is InChI=1S/C18H19NO4/c1-11-5-7-13(18(2,3)22)9-14(11)16(20)15-8-6-12(10-19-15)17(21)23-4/h5-10,22H,1-4H3. The number of aryl methyl sites for hydroxylation is 1. The molecular formula is C18H19NO4. The summed E-state index contributed by atoms with van der Waals surface area (Å²) >= 11 is 0. The lowest BCUT2D eigenvalue weighted by molar-refractivity contribution is 0.0599.